The summed E-state index contributed by atoms with van der Waals surface area (Å²) in [6, 6.07) is 0. The third-order valence-electron chi connectivity index (χ3n) is 0. The fourth-order valence-corrected chi connectivity index (χ4v) is 0. The second-order valence-corrected chi connectivity index (χ2v) is 0.0816. The first-order chi connectivity index (χ1) is 3.41. The standard InChI is InChI=1S/6CH4.H2O3.H2O2.O2.15H2O.102H2/c;;;;;;1-3-2;2*1-2;;;;;;;;;;;;;;;;;;;;;;;;;;;;;;;;;;;;;;;;;;;;;;;;;;;;;;;;;;;;;;;;;;;;;;;;;;;;;;;;;;;;;;;;;;;;;;;;;;;;;;;;;;;;;;;;;;;;;/h6*1H4;1-2H;1-2H;;15*1H2;102*1H. The van der Waals surface area contributed by atoms with Crippen LogP contribution in [0.4, 0.5) is 0 Å². The highest BCUT2D eigenvalue weighted by atomic mass is 17.4. The lowest BCUT2D eigenvalue weighted by Crippen LogP contribution is -1.60. The fraction of sp³-hybridized carbons (Fsp3) is 1.00. The summed E-state index contributed by atoms with van der Waals surface area (Å²) in [6.45, 7) is 0. The summed E-state index contributed by atoms with van der Waals surface area (Å²) in [7, 11) is 0. The van der Waals surface area contributed by atoms with E-state index in [1.165, 1.54) is 0 Å². The molecule has 0 amide bonds. The molecule has 0 spiro atoms. The van der Waals surface area contributed by atoms with Gasteiger partial charge in [-0.15, -0.1) is 0 Å². The van der Waals surface area contributed by atoms with E-state index in [2.05, 4.69) is 5.04 Å². The normalized spacial score (nSPS) is 1.00. The fourth-order valence-electron chi connectivity index (χ4n) is 0. The minimum absolute atomic E-state index is 0. The summed E-state index contributed by atoms with van der Waals surface area (Å²) in [4.78, 5) is 14.0. The van der Waals surface area contributed by atoms with Gasteiger partial charge in [-0.2, -0.15) is 0 Å². The van der Waals surface area contributed by atoms with Crippen molar-refractivity contribution in [2.45, 2.75) is 44.6 Å². The van der Waals surface area contributed by atoms with E-state index in [4.69, 9.17) is 31.0 Å². The van der Waals surface area contributed by atoms with Crippen molar-refractivity contribution >= 4 is 0 Å². The topological polar surface area (TPSA) is 597 Å². The molecule has 0 aliphatic rings. The molecule has 22 nitrogen and oxygen atoms in total. The van der Waals surface area contributed by atoms with Crippen LogP contribution in [0, 0.1) is 9.93 Å². The van der Waals surface area contributed by atoms with Crippen LogP contribution in [-0.2, 0) is 5.04 Å². The smallest absolute Gasteiger partial charge is 0 e. The highest BCUT2D eigenvalue weighted by molar-refractivity contribution is 4.07. The van der Waals surface area contributed by atoms with Gasteiger partial charge >= 0.3 is 0 Å². The van der Waals surface area contributed by atoms with Crippen molar-refractivity contribution in [2.75, 3.05) is 0 Å². The Hall–Kier alpha value is -1.20. The van der Waals surface area contributed by atoms with E-state index < -0.39 is 0 Å². The zero-order valence-electron chi connectivity index (χ0n) is 10.5. The molecular formula is C6H262O22. The molecule has 34 N–H and O–H groups in total. The molecule has 0 aliphatic carbocycles. The molecule has 0 atom stereocenters. The molecular weight excluding hydrogens is 424 g/mol. The number of hydrogen-bond acceptors (Lipinski definition) is 7. The molecule has 0 heterocycles. The molecule has 0 aromatic rings. The lowest BCUT2D eigenvalue weighted by molar-refractivity contribution is -0.465. The molecule has 0 rings (SSSR count). The van der Waals surface area contributed by atoms with Crippen molar-refractivity contribution in [1.82, 2.24) is 0 Å². The average molecular weight is 688 g/mol. The maximum absolute atomic E-state index is 7.00. The minimum Gasteiger partial charge on any atom is -0.412 e. The first kappa shape index (κ1) is 2280. The molecule has 0 unspecified atom stereocenters. The summed E-state index contributed by atoms with van der Waals surface area (Å²) < 4.78 is 0. The number of hydrogen-bond donors (Lipinski definition) is 4. The third-order valence-corrected chi connectivity index (χ3v) is 0. The molecule has 0 bridgehead atoms. The van der Waals surface area contributed by atoms with Crippen molar-refractivity contribution < 1.29 is 254 Å². The second-order valence-electron chi connectivity index (χ2n) is 0.0816. The lowest BCUT2D eigenvalue weighted by Gasteiger charge is -1.56. The van der Waals surface area contributed by atoms with Gasteiger partial charge in [0.2, 0.25) is 0 Å². The van der Waals surface area contributed by atoms with Gasteiger partial charge in [0.1, 0.15) is 0 Å². The Kier molecular flexibility index (Phi) is 32200000. The molecule has 418 valence electrons. The largest absolute Gasteiger partial charge is 0.412 e. The molecule has 28 heavy (non-hydrogen) atoms. The van der Waals surface area contributed by atoms with Gasteiger partial charge in [-0.1, -0.05) is 49.6 Å². The monoisotopic (exact) mass is 688 g/mol. The first-order valence-corrected chi connectivity index (χ1v) is 0.732. The van der Waals surface area contributed by atoms with Gasteiger partial charge in [-0.05, 0) is 0 Å². The predicted molar refractivity (Wildman–Crippen MR) is 329 cm³/mol. The predicted octanol–water partition coefficient (Wildman–Crippen LogP) is 16.6. The van der Waals surface area contributed by atoms with Crippen LogP contribution >= 0.6 is 0 Å². The van der Waals surface area contributed by atoms with Crippen molar-refractivity contribution in [3.63, 3.8) is 0 Å². The van der Waals surface area contributed by atoms with Crippen molar-refractivity contribution in [3.8, 4) is 0 Å². The van der Waals surface area contributed by atoms with Crippen LogP contribution in [0.3, 0.4) is 0 Å². The maximum atomic E-state index is 7.00. The lowest BCUT2D eigenvalue weighted by atomic mass is 12.0. The van der Waals surface area contributed by atoms with Gasteiger partial charge < -0.3 is 82.1 Å². The van der Waals surface area contributed by atoms with Crippen LogP contribution in [0.2, 0.25) is 0 Å². The van der Waals surface area contributed by atoms with Crippen LogP contribution < -0.4 is 0 Å². The average Bonchev–Trinajstić information content (AvgIpc) is 1.78. The SMILES string of the molecule is C.C.C.C.C.C.O.O.O.O.O.O.O.O.O.O.O.O.O.O.O.O=O.OO.OOO.[HH].[HH].[HH].[HH].[HH].[HH].[HH].[HH].[HH].[HH].[HH].[HH].[HH].[HH].[HH].[HH].[HH].[HH].[HH].[HH].[HH].[HH].[HH].[HH].[HH].[HH].[HH].[HH].[HH].[HH].[HH].[HH].[HH].[HH].[HH].[HH].[HH].[HH].[HH].[HH].[HH].[HH].[HH].[HH].[HH].[HH].[HH].[HH].[HH].[HH].[HH].[HH].[HH].[HH].[HH].[HH].[HH].[HH].[HH].[HH].[HH].[HH].[HH].[HH].[HH].[HH].[HH].[HH].[HH].[HH].[HH].[HH].[HH].[HH].[HH].[HH].[HH].[HH].[HH].[HH].[HH].[HH].[HH].[HH].[HH].[HH].[HH].[HH].[HH].[HH].[HH].[HH].[HH].[HH].[HH].[HH].[HH].[HH].[HH].[HH].[HH].[HH]. The van der Waals surface area contributed by atoms with Gasteiger partial charge in [-0.25, -0.2) is 10.5 Å². The molecule has 0 saturated heterocycles. The minimum atomic E-state index is 0. The van der Waals surface area contributed by atoms with Crippen LogP contribution in [0.5, 0.6) is 0 Å². The van der Waals surface area contributed by atoms with Gasteiger partial charge in [0.25, 0.3) is 0 Å². The maximum Gasteiger partial charge on any atom is 0 e. The molecule has 0 aromatic heterocycles. The van der Waals surface area contributed by atoms with E-state index in [1.807, 2.05) is 0 Å². The van der Waals surface area contributed by atoms with E-state index >= 15 is 0 Å². The highest BCUT2D eigenvalue weighted by Crippen LogP contribution is 1.24. The Labute approximate surface area is 315 Å². The van der Waals surface area contributed by atoms with Crippen molar-refractivity contribution in [1.29, 1.82) is 0 Å². The van der Waals surface area contributed by atoms with Gasteiger partial charge in [0, 0.05) is 155 Å². The Morgan fingerprint density at radius 2 is 0.357 bits per heavy atom. The second kappa shape index (κ2) is 397000. The number of rotatable bonds is 0. The third kappa shape index (κ3) is 9760. The van der Waals surface area contributed by atoms with Gasteiger partial charge in [0.15, 0.2) is 0 Å². The molecule has 0 aromatic carbocycles. The summed E-state index contributed by atoms with van der Waals surface area (Å²) in [5.74, 6) is 0. The van der Waals surface area contributed by atoms with E-state index in [9.17, 15) is 0 Å². The van der Waals surface area contributed by atoms with E-state index in [0.29, 0.717) is 0 Å². The summed E-state index contributed by atoms with van der Waals surface area (Å²) in [5.41, 5.74) is 0. The zero-order valence-corrected chi connectivity index (χ0v) is 10.5. The summed E-state index contributed by atoms with van der Waals surface area (Å²) in [6.07, 6.45) is 0. The van der Waals surface area contributed by atoms with Crippen molar-refractivity contribution in [3.05, 3.63) is 9.93 Å². The Morgan fingerprint density at radius 1 is 0.357 bits per heavy atom. The first-order valence-electron chi connectivity index (χ1n) is 0.732. The van der Waals surface area contributed by atoms with Crippen LogP contribution in [0.15, 0.2) is 0 Å². The van der Waals surface area contributed by atoms with E-state index in [-0.39, 0.29) is 272 Å². The Morgan fingerprint density at radius 3 is 0.357 bits per heavy atom. The molecule has 0 aliphatic heterocycles. The van der Waals surface area contributed by atoms with Crippen LogP contribution in [-0.4, -0.2) is 103 Å². The quantitative estimate of drug-likeness (QED) is 0.140. The molecule has 0 fully saturated rings. The van der Waals surface area contributed by atoms with E-state index in [1.54, 1.807) is 0 Å². The molecule has 0 saturated carbocycles. The zero-order chi connectivity index (χ0) is 6.71. The van der Waals surface area contributed by atoms with Gasteiger partial charge in [-0.3, -0.25) is 10.5 Å². The van der Waals surface area contributed by atoms with Crippen molar-refractivity contribution in [2.24, 2.45) is 0 Å². The molecule has 22 heteroatoms. The summed E-state index contributed by atoms with van der Waals surface area (Å²) >= 11 is 0. The van der Waals surface area contributed by atoms with Gasteiger partial charge in [0.05, 0.1) is 0 Å². The van der Waals surface area contributed by atoms with Crippen LogP contribution in [0.1, 0.15) is 190 Å². The highest BCUT2D eigenvalue weighted by Gasteiger charge is 1.27. The van der Waals surface area contributed by atoms with Crippen LogP contribution in [0.25, 0.3) is 0 Å². The molecule has 0 radical (unpaired) electrons. The Balaban J connectivity index is -0.0000000000101. The Bertz CT molecular complexity index is 123. The summed E-state index contributed by atoms with van der Waals surface area (Å²) in [5, 5.41) is 27.5. The van der Waals surface area contributed by atoms with E-state index in [0.717, 1.165) is 0 Å².